The van der Waals surface area contributed by atoms with Crippen LogP contribution in [0, 0.1) is 5.92 Å². The molecule has 0 amide bonds. The molecule has 3 heterocycles. The fourth-order valence-electron chi connectivity index (χ4n) is 3.76. The zero-order valence-corrected chi connectivity index (χ0v) is 16.5. The molecule has 1 unspecified atom stereocenters. The summed E-state index contributed by atoms with van der Waals surface area (Å²) < 4.78 is 1.93. The van der Waals surface area contributed by atoms with Crippen molar-refractivity contribution >= 4 is 28.2 Å². The summed E-state index contributed by atoms with van der Waals surface area (Å²) >= 11 is 6.13. The first-order valence-corrected chi connectivity index (χ1v) is 9.76. The van der Waals surface area contributed by atoms with Crippen LogP contribution in [0.1, 0.15) is 32.4 Å². The second-order valence-corrected chi connectivity index (χ2v) is 8.43. The van der Waals surface area contributed by atoms with E-state index in [1.807, 2.05) is 43.1 Å². The van der Waals surface area contributed by atoms with Gasteiger partial charge in [0.2, 0.25) is 0 Å². The van der Waals surface area contributed by atoms with Crippen LogP contribution in [0.25, 0.3) is 10.9 Å². The van der Waals surface area contributed by atoms with Gasteiger partial charge in [0.15, 0.2) is 0 Å². The predicted octanol–water partition coefficient (Wildman–Crippen LogP) is 3.59. The zero-order valence-electron chi connectivity index (χ0n) is 15.8. The molecule has 1 fully saturated rings. The van der Waals surface area contributed by atoms with E-state index < -0.39 is 5.54 Å². The van der Waals surface area contributed by atoms with E-state index in [9.17, 15) is 0 Å². The van der Waals surface area contributed by atoms with Gasteiger partial charge in [-0.1, -0.05) is 16.8 Å². The van der Waals surface area contributed by atoms with Crippen molar-refractivity contribution in [3.63, 3.8) is 0 Å². The van der Waals surface area contributed by atoms with E-state index in [0.29, 0.717) is 10.9 Å². The SMILES string of the molecule is CC(C)(N)c1cn(CC2CCCN(c3ccnc4cc(Cl)ccc34)C2)nn1. The number of hydrogen-bond donors (Lipinski definition) is 1. The summed E-state index contributed by atoms with van der Waals surface area (Å²) in [7, 11) is 0. The number of fused-ring (bicyclic) bond motifs is 1. The molecule has 1 atom stereocenters. The molecule has 3 aromatic rings. The number of anilines is 1. The molecule has 4 rings (SSSR count). The van der Waals surface area contributed by atoms with Crippen LogP contribution in [0.5, 0.6) is 0 Å². The molecule has 6 nitrogen and oxygen atoms in total. The Bertz CT molecular complexity index is 945. The Hall–Kier alpha value is -2.18. The van der Waals surface area contributed by atoms with Crippen LogP contribution in [0.4, 0.5) is 5.69 Å². The first-order valence-electron chi connectivity index (χ1n) is 9.39. The molecule has 0 aliphatic carbocycles. The minimum absolute atomic E-state index is 0.464. The minimum Gasteiger partial charge on any atom is -0.371 e. The highest BCUT2D eigenvalue weighted by Crippen LogP contribution is 2.31. The minimum atomic E-state index is -0.464. The molecule has 1 saturated heterocycles. The van der Waals surface area contributed by atoms with Crippen molar-refractivity contribution in [3.05, 3.63) is 47.4 Å². The van der Waals surface area contributed by atoms with Gasteiger partial charge in [0.1, 0.15) is 5.69 Å². The summed E-state index contributed by atoms with van der Waals surface area (Å²) in [5.41, 5.74) is 8.65. The van der Waals surface area contributed by atoms with Gasteiger partial charge in [-0.05, 0) is 56.9 Å². The van der Waals surface area contributed by atoms with Crippen LogP contribution in [0.2, 0.25) is 5.02 Å². The van der Waals surface area contributed by atoms with E-state index in [1.54, 1.807) is 0 Å². The van der Waals surface area contributed by atoms with Crippen molar-refractivity contribution in [2.75, 3.05) is 18.0 Å². The Morgan fingerprint density at radius 3 is 2.93 bits per heavy atom. The second-order valence-electron chi connectivity index (χ2n) is 7.99. The van der Waals surface area contributed by atoms with Crippen molar-refractivity contribution in [1.82, 2.24) is 20.0 Å². The van der Waals surface area contributed by atoms with E-state index in [4.69, 9.17) is 17.3 Å². The van der Waals surface area contributed by atoms with Gasteiger partial charge in [-0.25, -0.2) is 0 Å². The molecule has 27 heavy (non-hydrogen) atoms. The van der Waals surface area contributed by atoms with E-state index >= 15 is 0 Å². The van der Waals surface area contributed by atoms with Crippen molar-refractivity contribution in [3.8, 4) is 0 Å². The Kier molecular flexibility index (Phi) is 4.78. The van der Waals surface area contributed by atoms with Crippen LogP contribution < -0.4 is 10.6 Å². The van der Waals surface area contributed by atoms with Gasteiger partial charge < -0.3 is 10.6 Å². The van der Waals surface area contributed by atoms with Crippen molar-refractivity contribution in [2.45, 2.75) is 38.8 Å². The third kappa shape index (κ3) is 3.92. The lowest BCUT2D eigenvalue weighted by atomic mass is 9.97. The van der Waals surface area contributed by atoms with Gasteiger partial charge in [-0.3, -0.25) is 9.67 Å². The molecular formula is C20H25ClN6. The van der Waals surface area contributed by atoms with Gasteiger partial charge >= 0.3 is 0 Å². The molecule has 1 aromatic carbocycles. The maximum absolute atomic E-state index is 6.13. The quantitative estimate of drug-likeness (QED) is 0.744. The fraction of sp³-hybridized carbons (Fsp3) is 0.450. The Morgan fingerprint density at radius 1 is 1.30 bits per heavy atom. The highest BCUT2D eigenvalue weighted by atomic mass is 35.5. The lowest BCUT2D eigenvalue weighted by molar-refractivity contribution is 0.348. The number of pyridine rings is 1. The molecular weight excluding hydrogens is 360 g/mol. The molecule has 0 bridgehead atoms. The summed E-state index contributed by atoms with van der Waals surface area (Å²) in [5, 5.41) is 10.4. The highest BCUT2D eigenvalue weighted by molar-refractivity contribution is 6.31. The van der Waals surface area contributed by atoms with Gasteiger partial charge in [-0.2, -0.15) is 0 Å². The average Bonchev–Trinajstić information content (AvgIpc) is 3.10. The second kappa shape index (κ2) is 7.09. The summed E-state index contributed by atoms with van der Waals surface area (Å²) in [4.78, 5) is 6.92. The lowest BCUT2D eigenvalue weighted by Gasteiger charge is -2.35. The fourth-order valence-corrected chi connectivity index (χ4v) is 3.93. The Labute approximate surface area is 164 Å². The summed E-state index contributed by atoms with van der Waals surface area (Å²) in [5.74, 6) is 0.518. The number of halogens is 1. The van der Waals surface area contributed by atoms with E-state index in [1.165, 1.54) is 12.1 Å². The van der Waals surface area contributed by atoms with E-state index in [2.05, 4.69) is 32.3 Å². The molecule has 142 valence electrons. The smallest absolute Gasteiger partial charge is 0.102 e. The molecule has 0 spiro atoms. The van der Waals surface area contributed by atoms with Crippen LogP contribution >= 0.6 is 11.6 Å². The molecule has 0 saturated carbocycles. The van der Waals surface area contributed by atoms with Crippen LogP contribution in [0.3, 0.4) is 0 Å². The number of piperidine rings is 1. The number of benzene rings is 1. The normalized spacial score (nSPS) is 18.2. The number of nitrogens with zero attached hydrogens (tertiary/aromatic N) is 5. The Morgan fingerprint density at radius 2 is 2.15 bits per heavy atom. The maximum Gasteiger partial charge on any atom is 0.102 e. The van der Waals surface area contributed by atoms with Crippen LogP contribution in [-0.4, -0.2) is 33.1 Å². The topological polar surface area (TPSA) is 72.9 Å². The molecule has 0 radical (unpaired) electrons. The van der Waals surface area contributed by atoms with Crippen molar-refractivity contribution in [2.24, 2.45) is 11.7 Å². The van der Waals surface area contributed by atoms with Gasteiger partial charge in [0, 0.05) is 41.9 Å². The first-order chi connectivity index (χ1) is 12.9. The van der Waals surface area contributed by atoms with Crippen LogP contribution in [0.15, 0.2) is 36.7 Å². The maximum atomic E-state index is 6.13. The third-order valence-corrected chi connectivity index (χ3v) is 5.42. The van der Waals surface area contributed by atoms with E-state index in [0.717, 1.165) is 42.7 Å². The molecule has 1 aliphatic rings. The summed E-state index contributed by atoms with van der Waals surface area (Å²) in [6.45, 7) is 6.79. The van der Waals surface area contributed by atoms with Crippen LogP contribution in [-0.2, 0) is 12.1 Å². The largest absolute Gasteiger partial charge is 0.371 e. The molecule has 1 aliphatic heterocycles. The molecule has 7 heteroatoms. The monoisotopic (exact) mass is 384 g/mol. The zero-order chi connectivity index (χ0) is 19.0. The standard InChI is InChI=1S/C20H25ClN6/c1-20(2,22)19-13-27(25-24-19)12-14-4-3-9-26(11-14)18-7-8-23-17-10-15(21)5-6-16(17)18/h5-8,10,13-14H,3-4,9,11-12,22H2,1-2H3. The van der Waals surface area contributed by atoms with Gasteiger partial charge in [0.05, 0.1) is 17.3 Å². The molecule has 2 N–H and O–H groups in total. The number of hydrogen-bond acceptors (Lipinski definition) is 5. The average molecular weight is 385 g/mol. The summed E-state index contributed by atoms with van der Waals surface area (Å²) in [6, 6.07) is 8.02. The first kappa shape index (κ1) is 18.2. The highest BCUT2D eigenvalue weighted by Gasteiger charge is 2.24. The van der Waals surface area contributed by atoms with Crippen molar-refractivity contribution in [1.29, 1.82) is 0 Å². The number of aromatic nitrogens is 4. The van der Waals surface area contributed by atoms with E-state index in [-0.39, 0.29) is 0 Å². The lowest BCUT2D eigenvalue weighted by Crippen LogP contribution is -2.37. The number of rotatable bonds is 4. The molecule has 2 aromatic heterocycles. The number of nitrogens with two attached hydrogens (primary N) is 1. The van der Waals surface area contributed by atoms with Gasteiger partial charge in [-0.15, -0.1) is 5.10 Å². The van der Waals surface area contributed by atoms with Gasteiger partial charge in [0.25, 0.3) is 0 Å². The van der Waals surface area contributed by atoms with Crippen molar-refractivity contribution < 1.29 is 0 Å². The third-order valence-electron chi connectivity index (χ3n) is 5.19. The Balaban J connectivity index is 1.53. The summed E-state index contributed by atoms with van der Waals surface area (Å²) in [6.07, 6.45) is 6.19. The predicted molar refractivity (Wildman–Crippen MR) is 109 cm³/mol.